The zero-order chi connectivity index (χ0) is 11.8. The van der Waals surface area contributed by atoms with Crippen molar-refractivity contribution in [2.75, 3.05) is 7.11 Å². The molecule has 88 valence electrons. The lowest BCUT2D eigenvalue weighted by atomic mass is 9.86. The largest absolute Gasteiger partial charge is 0.497 e. The Balaban J connectivity index is 2.30. The summed E-state index contributed by atoms with van der Waals surface area (Å²) < 4.78 is 5.20. The third-order valence-corrected chi connectivity index (χ3v) is 3.59. The second-order valence-electron chi connectivity index (χ2n) is 5.60. The van der Waals surface area contributed by atoms with E-state index in [4.69, 9.17) is 4.74 Å². The Kier molecular flexibility index (Phi) is 2.70. The van der Waals surface area contributed by atoms with Crippen molar-refractivity contribution < 1.29 is 9.84 Å². The maximum atomic E-state index is 10.7. The summed E-state index contributed by atoms with van der Waals surface area (Å²) in [4.78, 5) is 0. The van der Waals surface area contributed by atoms with Gasteiger partial charge in [-0.15, -0.1) is 0 Å². The minimum Gasteiger partial charge on any atom is -0.497 e. The Bertz CT molecular complexity index is 384. The minimum atomic E-state index is -0.669. The van der Waals surface area contributed by atoms with Crippen LogP contribution in [-0.4, -0.2) is 12.2 Å². The summed E-state index contributed by atoms with van der Waals surface area (Å²) in [6.07, 6.45) is 2.74. The van der Waals surface area contributed by atoms with Gasteiger partial charge in [0.2, 0.25) is 0 Å². The molecule has 1 aliphatic rings. The topological polar surface area (TPSA) is 29.5 Å². The fourth-order valence-electron chi connectivity index (χ4n) is 2.67. The molecular weight excluding hydrogens is 200 g/mol. The first kappa shape index (κ1) is 11.5. The summed E-state index contributed by atoms with van der Waals surface area (Å²) >= 11 is 0. The van der Waals surface area contributed by atoms with E-state index in [1.165, 1.54) is 0 Å². The molecule has 16 heavy (non-hydrogen) atoms. The molecule has 0 heterocycles. The molecule has 1 atom stereocenters. The van der Waals surface area contributed by atoms with Crippen LogP contribution in [0.3, 0.4) is 0 Å². The van der Waals surface area contributed by atoms with Crippen molar-refractivity contribution in [2.24, 2.45) is 5.41 Å². The number of ether oxygens (including phenoxy) is 1. The average molecular weight is 220 g/mol. The molecule has 1 fully saturated rings. The number of benzene rings is 1. The zero-order valence-corrected chi connectivity index (χ0v) is 10.3. The minimum absolute atomic E-state index is 0.234. The molecule has 1 N–H and O–H groups in total. The quantitative estimate of drug-likeness (QED) is 0.830. The molecule has 1 aromatic carbocycles. The maximum absolute atomic E-state index is 10.7. The summed E-state index contributed by atoms with van der Waals surface area (Å²) in [5, 5.41) is 10.7. The normalized spacial score (nSPS) is 28.0. The van der Waals surface area contributed by atoms with E-state index >= 15 is 0 Å². The second kappa shape index (κ2) is 3.77. The van der Waals surface area contributed by atoms with Crippen molar-refractivity contribution in [2.45, 2.75) is 38.7 Å². The van der Waals surface area contributed by atoms with Crippen molar-refractivity contribution in [1.82, 2.24) is 0 Å². The van der Waals surface area contributed by atoms with Gasteiger partial charge in [-0.3, -0.25) is 0 Å². The first-order valence-electron chi connectivity index (χ1n) is 5.82. The first-order chi connectivity index (χ1) is 7.45. The van der Waals surface area contributed by atoms with Crippen LogP contribution in [0.5, 0.6) is 5.75 Å². The molecule has 1 unspecified atom stereocenters. The molecule has 1 saturated carbocycles. The maximum Gasteiger partial charge on any atom is 0.119 e. The lowest BCUT2D eigenvalue weighted by Crippen LogP contribution is -2.23. The number of hydrogen-bond donors (Lipinski definition) is 1. The fourth-order valence-corrected chi connectivity index (χ4v) is 2.67. The highest BCUT2D eigenvalue weighted by atomic mass is 16.5. The third kappa shape index (κ3) is 2.07. The molecule has 0 aliphatic heterocycles. The van der Waals surface area contributed by atoms with Gasteiger partial charge in [0.1, 0.15) is 5.75 Å². The van der Waals surface area contributed by atoms with Crippen molar-refractivity contribution in [3.05, 3.63) is 29.8 Å². The molecule has 0 amide bonds. The van der Waals surface area contributed by atoms with E-state index < -0.39 is 5.60 Å². The lowest BCUT2D eigenvalue weighted by molar-refractivity contribution is 0.0336. The molecule has 0 saturated heterocycles. The van der Waals surface area contributed by atoms with Crippen molar-refractivity contribution >= 4 is 0 Å². The monoisotopic (exact) mass is 220 g/mol. The Morgan fingerprint density at radius 2 is 2.00 bits per heavy atom. The predicted molar refractivity (Wildman–Crippen MR) is 64.5 cm³/mol. The van der Waals surface area contributed by atoms with Crippen LogP contribution in [0.25, 0.3) is 0 Å². The Morgan fingerprint density at radius 1 is 1.25 bits per heavy atom. The molecule has 2 nitrogen and oxygen atoms in total. The Hall–Kier alpha value is -1.02. The van der Waals surface area contributed by atoms with E-state index in [-0.39, 0.29) is 5.41 Å². The molecule has 0 bridgehead atoms. The number of aliphatic hydroxyl groups is 1. The summed E-state index contributed by atoms with van der Waals surface area (Å²) in [5.74, 6) is 0.815. The molecule has 2 heteroatoms. The summed E-state index contributed by atoms with van der Waals surface area (Å²) in [6.45, 7) is 4.43. The highest BCUT2D eigenvalue weighted by Crippen LogP contribution is 2.49. The molecule has 0 radical (unpaired) electrons. The van der Waals surface area contributed by atoms with Crippen LogP contribution in [0.4, 0.5) is 0 Å². The van der Waals surface area contributed by atoms with Gasteiger partial charge >= 0.3 is 0 Å². The number of methoxy groups -OCH3 is 1. The van der Waals surface area contributed by atoms with Gasteiger partial charge in [0.25, 0.3) is 0 Å². The van der Waals surface area contributed by atoms with Crippen LogP contribution in [0.1, 0.15) is 38.7 Å². The summed E-state index contributed by atoms with van der Waals surface area (Å²) in [5.41, 5.74) is 0.549. The van der Waals surface area contributed by atoms with Gasteiger partial charge in [0.15, 0.2) is 0 Å². The standard InChI is InChI=1S/C14H20O2/c1-13(2)7-8-14(15,10-13)11-5-4-6-12(9-11)16-3/h4-6,9,15H,7-8,10H2,1-3H3. The Morgan fingerprint density at radius 3 is 2.56 bits per heavy atom. The van der Waals surface area contributed by atoms with Gasteiger partial charge < -0.3 is 9.84 Å². The van der Waals surface area contributed by atoms with Crippen molar-refractivity contribution in [1.29, 1.82) is 0 Å². The Labute approximate surface area is 97.3 Å². The van der Waals surface area contributed by atoms with E-state index in [9.17, 15) is 5.11 Å². The summed E-state index contributed by atoms with van der Waals surface area (Å²) in [6, 6.07) is 7.79. The summed E-state index contributed by atoms with van der Waals surface area (Å²) in [7, 11) is 1.65. The van der Waals surface area contributed by atoms with Crippen molar-refractivity contribution in [3.63, 3.8) is 0 Å². The fraction of sp³-hybridized carbons (Fsp3) is 0.571. The number of rotatable bonds is 2. The van der Waals surface area contributed by atoms with Crippen LogP contribution in [0, 0.1) is 5.41 Å². The van der Waals surface area contributed by atoms with E-state index in [1.54, 1.807) is 7.11 Å². The molecular formula is C14H20O2. The van der Waals surface area contributed by atoms with Gasteiger partial charge in [0.05, 0.1) is 12.7 Å². The lowest BCUT2D eigenvalue weighted by Gasteiger charge is -2.26. The van der Waals surface area contributed by atoms with E-state index in [0.717, 1.165) is 30.6 Å². The van der Waals surface area contributed by atoms with E-state index in [1.807, 2.05) is 24.3 Å². The van der Waals surface area contributed by atoms with E-state index in [0.29, 0.717) is 0 Å². The van der Waals surface area contributed by atoms with Gasteiger partial charge in [-0.05, 0) is 42.4 Å². The molecule has 2 rings (SSSR count). The van der Waals surface area contributed by atoms with Crippen LogP contribution >= 0.6 is 0 Å². The molecule has 1 aromatic rings. The van der Waals surface area contributed by atoms with Crippen LogP contribution in [0.15, 0.2) is 24.3 Å². The van der Waals surface area contributed by atoms with Gasteiger partial charge in [-0.2, -0.15) is 0 Å². The van der Waals surface area contributed by atoms with Gasteiger partial charge in [-0.1, -0.05) is 26.0 Å². The molecule has 0 aromatic heterocycles. The van der Waals surface area contributed by atoms with Crippen LogP contribution in [-0.2, 0) is 5.60 Å². The zero-order valence-electron chi connectivity index (χ0n) is 10.3. The van der Waals surface area contributed by atoms with Gasteiger partial charge in [0, 0.05) is 0 Å². The smallest absolute Gasteiger partial charge is 0.119 e. The average Bonchev–Trinajstić information content (AvgIpc) is 2.55. The molecule has 1 aliphatic carbocycles. The van der Waals surface area contributed by atoms with Crippen LogP contribution in [0.2, 0.25) is 0 Å². The highest BCUT2D eigenvalue weighted by molar-refractivity contribution is 5.33. The van der Waals surface area contributed by atoms with Crippen molar-refractivity contribution in [3.8, 4) is 5.75 Å². The predicted octanol–water partition coefficient (Wildman–Crippen LogP) is 3.09. The highest BCUT2D eigenvalue weighted by Gasteiger charge is 2.42. The number of hydrogen-bond acceptors (Lipinski definition) is 2. The third-order valence-electron chi connectivity index (χ3n) is 3.59. The van der Waals surface area contributed by atoms with Gasteiger partial charge in [-0.25, -0.2) is 0 Å². The van der Waals surface area contributed by atoms with E-state index in [2.05, 4.69) is 13.8 Å². The second-order valence-corrected chi connectivity index (χ2v) is 5.60. The first-order valence-corrected chi connectivity index (χ1v) is 5.82. The SMILES string of the molecule is COc1cccc(C2(O)CCC(C)(C)C2)c1. The molecule has 0 spiro atoms. The van der Waals surface area contributed by atoms with Crippen LogP contribution < -0.4 is 4.74 Å².